The van der Waals surface area contributed by atoms with Crippen LogP contribution in [0.3, 0.4) is 0 Å². The minimum absolute atomic E-state index is 0.209. The van der Waals surface area contributed by atoms with Crippen molar-refractivity contribution in [2.45, 2.75) is 6.92 Å². The number of fused-ring (bicyclic) bond motifs is 1. The summed E-state index contributed by atoms with van der Waals surface area (Å²) in [5, 5.41) is 3.57. The van der Waals surface area contributed by atoms with Crippen LogP contribution >= 0.6 is 15.9 Å². The molecule has 0 spiro atoms. The lowest BCUT2D eigenvalue weighted by molar-refractivity contribution is 1.48. The van der Waals surface area contributed by atoms with E-state index in [1.165, 1.54) is 26.7 Å². The van der Waals surface area contributed by atoms with E-state index in [0.29, 0.717) is 0 Å². The minimum atomic E-state index is 0.209. The molecular weight excluding hydrogens is 285 g/mol. The Labute approximate surface area is 116 Å². The van der Waals surface area contributed by atoms with Gasteiger partial charge in [-0.25, -0.2) is 0 Å². The fraction of sp³-hybridized carbons (Fsp3) is 0.0667. The van der Waals surface area contributed by atoms with Crippen molar-refractivity contribution in [3.05, 3.63) is 64.0 Å². The molecule has 0 unspecified atom stereocenters. The van der Waals surface area contributed by atoms with Gasteiger partial charge in [-0.05, 0) is 29.0 Å². The van der Waals surface area contributed by atoms with Crippen LogP contribution in [0, 0.1) is 6.92 Å². The van der Waals surface area contributed by atoms with E-state index in [2.05, 4.69) is 82.7 Å². The molecular formula is C15H13BBrN. The average molecular weight is 298 g/mol. The average Bonchev–Trinajstić information content (AvgIpc) is 2.39. The van der Waals surface area contributed by atoms with E-state index in [0.717, 1.165) is 0 Å². The first kappa shape index (κ1) is 11.6. The van der Waals surface area contributed by atoms with Crippen LogP contribution in [0.1, 0.15) is 11.1 Å². The molecule has 3 heteroatoms. The summed E-state index contributed by atoms with van der Waals surface area (Å²) in [6, 6.07) is 17.0. The third-order valence-electron chi connectivity index (χ3n) is 3.24. The van der Waals surface area contributed by atoms with Crippen molar-refractivity contribution in [1.82, 2.24) is 0 Å². The van der Waals surface area contributed by atoms with Crippen molar-refractivity contribution in [2.24, 2.45) is 0 Å². The second-order valence-corrected chi connectivity index (χ2v) is 5.52. The molecule has 0 aliphatic carbocycles. The number of hydrogen-bond acceptors (Lipinski definition) is 1. The summed E-state index contributed by atoms with van der Waals surface area (Å²) in [6.07, 6.45) is 2.19. The number of nitrogens with one attached hydrogen (secondary N) is 1. The number of aryl methyl sites for hydroxylation is 1. The molecule has 1 heterocycles. The minimum Gasteiger partial charge on any atom is -0.419 e. The van der Waals surface area contributed by atoms with Gasteiger partial charge in [0.25, 0.3) is 0 Å². The second kappa shape index (κ2) is 4.66. The fourth-order valence-corrected chi connectivity index (χ4v) is 2.84. The van der Waals surface area contributed by atoms with Crippen molar-refractivity contribution in [3.8, 4) is 0 Å². The zero-order valence-corrected chi connectivity index (χ0v) is 11.7. The third-order valence-corrected chi connectivity index (χ3v) is 3.93. The van der Waals surface area contributed by atoms with E-state index >= 15 is 0 Å². The molecule has 0 atom stereocenters. The van der Waals surface area contributed by atoms with Crippen molar-refractivity contribution in [2.75, 3.05) is 5.23 Å². The second-order valence-electron chi connectivity index (χ2n) is 4.60. The molecule has 0 aromatic heterocycles. The molecule has 0 bridgehead atoms. The summed E-state index contributed by atoms with van der Waals surface area (Å²) in [5.74, 6) is 0. The SMILES string of the molecule is Cc1ccc(B2Nc3ccccc3C=C2Br)cc1. The summed E-state index contributed by atoms with van der Waals surface area (Å²) < 4.78 is 1.17. The molecule has 2 aromatic rings. The Bertz CT molecular complexity index is 604. The van der Waals surface area contributed by atoms with Crippen LogP contribution in [0.4, 0.5) is 5.69 Å². The molecule has 1 aliphatic rings. The number of para-hydroxylation sites is 1. The van der Waals surface area contributed by atoms with Gasteiger partial charge in [-0.2, -0.15) is 0 Å². The lowest BCUT2D eigenvalue weighted by Gasteiger charge is -2.23. The normalized spacial score (nSPS) is 13.7. The summed E-state index contributed by atoms with van der Waals surface area (Å²) in [4.78, 5) is 0. The van der Waals surface area contributed by atoms with Gasteiger partial charge in [-0.1, -0.05) is 69.4 Å². The standard InChI is InChI=1S/C15H13BBrN/c1-11-6-8-13(9-7-11)16-15(17)10-12-4-2-3-5-14(12)18-16/h2-10,18H,1H3. The molecule has 0 saturated carbocycles. The molecule has 0 amide bonds. The van der Waals surface area contributed by atoms with Gasteiger partial charge in [0.05, 0.1) is 0 Å². The Balaban J connectivity index is 1.99. The molecule has 0 radical (unpaired) electrons. The quantitative estimate of drug-likeness (QED) is 0.793. The molecule has 18 heavy (non-hydrogen) atoms. The molecule has 0 fully saturated rings. The molecule has 2 aromatic carbocycles. The Kier molecular flexibility index (Phi) is 3.00. The number of rotatable bonds is 1. The molecule has 3 rings (SSSR count). The predicted molar refractivity (Wildman–Crippen MR) is 83.5 cm³/mol. The van der Waals surface area contributed by atoms with E-state index in [4.69, 9.17) is 0 Å². The van der Waals surface area contributed by atoms with Crippen LogP contribution in [0.15, 0.2) is 52.9 Å². The Morgan fingerprint density at radius 1 is 1.00 bits per heavy atom. The number of hydrogen-bond donors (Lipinski definition) is 1. The first-order valence-corrected chi connectivity index (χ1v) is 6.82. The van der Waals surface area contributed by atoms with Gasteiger partial charge < -0.3 is 5.23 Å². The highest BCUT2D eigenvalue weighted by atomic mass is 79.9. The first-order valence-electron chi connectivity index (χ1n) is 6.03. The highest BCUT2D eigenvalue weighted by molar-refractivity contribution is 9.12. The summed E-state index contributed by atoms with van der Waals surface area (Å²) in [6.45, 7) is 2.32. The maximum absolute atomic E-state index is 3.68. The van der Waals surface area contributed by atoms with Gasteiger partial charge in [0, 0.05) is 5.69 Å². The van der Waals surface area contributed by atoms with E-state index in [1.54, 1.807) is 0 Å². The third kappa shape index (κ3) is 2.11. The highest BCUT2D eigenvalue weighted by Crippen LogP contribution is 2.27. The Morgan fingerprint density at radius 2 is 1.72 bits per heavy atom. The van der Waals surface area contributed by atoms with Crippen LogP contribution in [0.25, 0.3) is 6.08 Å². The lowest BCUT2D eigenvalue weighted by Crippen LogP contribution is -2.40. The van der Waals surface area contributed by atoms with Crippen molar-refractivity contribution >= 4 is 40.0 Å². The Morgan fingerprint density at radius 3 is 2.50 bits per heavy atom. The number of halogens is 1. The summed E-state index contributed by atoms with van der Waals surface area (Å²) in [5.41, 5.74) is 4.98. The van der Waals surface area contributed by atoms with Crippen molar-refractivity contribution in [1.29, 1.82) is 0 Å². The molecule has 0 saturated heterocycles. The lowest BCUT2D eigenvalue weighted by atomic mass is 9.54. The zero-order valence-electron chi connectivity index (χ0n) is 10.2. The van der Waals surface area contributed by atoms with Crippen molar-refractivity contribution in [3.63, 3.8) is 0 Å². The maximum Gasteiger partial charge on any atom is 0.328 e. The van der Waals surface area contributed by atoms with E-state index in [9.17, 15) is 0 Å². The fourth-order valence-electron chi connectivity index (χ4n) is 2.21. The van der Waals surface area contributed by atoms with Gasteiger partial charge in [0.15, 0.2) is 0 Å². The predicted octanol–water partition coefficient (Wildman–Crippen LogP) is 3.59. The first-order chi connectivity index (χ1) is 8.74. The Hall–Kier alpha value is -1.48. The van der Waals surface area contributed by atoms with E-state index < -0.39 is 0 Å². The van der Waals surface area contributed by atoms with Crippen molar-refractivity contribution < 1.29 is 0 Å². The number of anilines is 1. The van der Waals surface area contributed by atoms with Crippen LogP contribution in [0.2, 0.25) is 0 Å². The summed E-state index contributed by atoms with van der Waals surface area (Å²) in [7, 11) is 0. The largest absolute Gasteiger partial charge is 0.419 e. The maximum atomic E-state index is 3.68. The molecule has 1 aliphatic heterocycles. The van der Waals surface area contributed by atoms with Gasteiger partial charge in [0.2, 0.25) is 0 Å². The van der Waals surface area contributed by atoms with Crippen LogP contribution in [0.5, 0.6) is 0 Å². The summed E-state index contributed by atoms with van der Waals surface area (Å²) >= 11 is 3.68. The van der Waals surface area contributed by atoms with Gasteiger partial charge in [-0.3, -0.25) is 0 Å². The molecule has 88 valence electrons. The van der Waals surface area contributed by atoms with Crippen LogP contribution in [-0.4, -0.2) is 6.85 Å². The topological polar surface area (TPSA) is 12.0 Å². The van der Waals surface area contributed by atoms with E-state index in [-0.39, 0.29) is 6.85 Å². The number of benzene rings is 2. The van der Waals surface area contributed by atoms with E-state index in [1.807, 2.05) is 0 Å². The van der Waals surface area contributed by atoms with Gasteiger partial charge in [0.1, 0.15) is 0 Å². The van der Waals surface area contributed by atoms with Gasteiger partial charge in [-0.15, -0.1) is 0 Å². The van der Waals surface area contributed by atoms with Crippen LogP contribution in [-0.2, 0) is 0 Å². The monoisotopic (exact) mass is 297 g/mol. The van der Waals surface area contributed by atoms with Gasteiger partial charge >= 0.3 is 6.85 Å². The molecule has 1 N–H and O–H groups in total. The van der Waals surface area contributed by atoms with Crippen LogP contribution < -0.4 is 10.7 Å². The molecule has 1 nitrogen and oxygen atoms in total. The smallest absolute Gasteiger partial charge is 0.328 e. The highest BCUT2D eigenvalue weighted by Gasteiger charge is 2.25. The zero-order chi connectivity index (χ0) is 12.5.